The molecule has 50 valence electrons. The Kier molecular flexibility index (Phi) is 0.750. The molecule has 0 aromatic carbocycles. The van der Waals surface area contributed by atoms with Crippen molar-refractivity contribution in [2.45, 2.75) is 18.4 Å². The highest BCUT2D eigenvalue weighted by Crippen LogP contribution is 2.38. The first-order valence-corrected chi connectivity index (χ1v) is 3.24. The van der Waals surface area contributed by atoms with Crippen LogP contribution in [0.3, 0.4) is 0 Å². The Balaban J connectivity index is 2.03. The third-order valence-corrected chi connectivity index (χ3v) is 1.86. The molecule has 1 amide bonds. The topological polar surface area (TPSA) is 40.3 Å². The van der Waals surface area contributed by atoms with E-state index in [4.69, 9.17) is 0 Å². The lowest BCUT2D eigenvalue weighted by Crippen LogP contribution is -2.28. The smallest absolute Gasteiger partial charge is 0.254 e. The number of carbonyl (C=O) groups is 1. The largest absolute Gasteiger partial charge is 0.380 e. The van der Waals surface area contributed by atoms with Crippen LogP contribution in [-0.2, 0) is 4.79 Å². The molecule has 0 aromatic heterocycles. The van der Waals surface area contributed by atoms with Gasteiger partial charge in [0.25, 0.3) is 5.91 Å². The molecule has 1 saturated heterocycles. The molecule has 2 fully saturated rings. The second-order valence-corrected chi connectivity index (χ2v) is 2.82. The Morgan fingerprint density at radius 2 is 2.00 bits per heavy atom. The number of hydrogen-bond donors (Lipinski definition) is 1. The maximum atomic E-state index is 11.0. The summed E-state index contributed by atoms with van der Waals surface area (Å²) < 4.78 is 0. The van der Waals surface area contributed by atoms with E-state index in [0.717, 1.165) is 13.1 Å². The van der Waals surface area contributed by atoms with Crippen LogP contribution in [0.25, 0.3) is 0 Å². The van der Waals surface area contributed by atoms with Crippen molar-refractivity contribution in [1.82, 2.24) is 4.90 Å². The van der Waals surface area contributed by atoms with Crippen LogP contribution in [0.5, 0.6) is 0 Å². The Bertz CT molecular complexity index is 158. The van der Waals surface area contributed by atoms with Crippen molar-refractivity contribution in [3.63, 3.8) is 0 Å². The van der Waals surface area contributed by atoms with Gasteiger partial charge in [-0.2, -0.15) is 0 Å². The van der Waals surface area contributed by atoms with Crippen LogP contribution in [0.1, 0.15) is 12.8 Å². The van der Waals surface area contributed by atoms with E-state index in [1.807, 2.05) is 0 Å². The SMILES string of the molecule is O=C(N1CC1)C1(O)CC1. The van der Waals surface area contributed by atoms with E-state index in [1.165, 1.54) is 0 Å². The molecule has 3 nitrogen and oxygen atoms in total. The Morgan fingerprint density at radius 3 is 2.33 bits per heavy atom. The molecule has 0 bridgehead atoms. The second-order valence-electron chi connectivity index (χ2n) is 2.82. The summed E-state index contributed by atoms with van der Waals surface area (Å²) in [7, 11) is 0. The van der Waals surface area contributed by atoms with Gasteiger partial charge in [0.05, 0.1) is 0 Å². The van der Waals surface area contributed by atoms with E-state index < -0.39 is 5.60 Å². The van der Waals surface area contributed by atoms with Gasteiger partial charge in [0.15, 0.2) is 0 Å². The standard InChI is InChI=1S/C6H9NO2/c8-5(7-3-4-7)6(9)1-2-6/h9H,1-4H2. The molecule has 0 unspecified atom stereocenters. The predicted molar refractivity (Wildman–Crippen MR) is 30.8 cm³/mol. The maximum absolute atomic E-state index is 11.0. The normalized spacial score (nSPS) is 27.9. The van der Waals surface area contributed by atoms with Gasteiger partial charge in [0, 0.05) is 13.1 Å². The first-order valence-electron chi connectivity index (χ1n) is 3.24. The molecule has 2 rings (SSSR count). The summed E-state index contributed by atoms with van der Waals surface area (Å²) >= 11 is 0. The maximum Gasteiger partial charge on any atom is 0.254 e. The molecule has 1 N–H and O–H groups in total. The number of aliphatic hydroxyl groups is 1. The van der Waals surface area contributed by atoms with E-state index in [2.05, 4.69) is 0 Å². The highest BCUT2D eigenvalue weighted by atomic mass is 16.3. The fourth-order valence-corrected chi connectivity index (χ4v) is 0.880. The average molecular weight is 127 g/mol. The van der Waals surface area contributed by atoms with Gasteiger partial charge in [0.2, 0.25) is 0 Å². The van der Waals surface area contributed by atoms with Gasteiger partial charge < -0.3 is 10.0 Å². The first-order chi connectivity index (χ1) is 4.22. The fourth-order valence-electron chi connectivity index (χ4n) is 0.880. The third-order valence-electron chi connectivity index (χ3n) is 1.86. The Labute approximate surface area is 53.3 Å². The van der Waals surface area contributed by atoms with Crippen LogP contribution in [0.4, 0.5) is 0 Å². The molecule has 0 atom stereocenters. The van der Waals surface area contributed by atoms with Crippen LogP contribution < -0.4 is 0 Å². The van der Waals surface area contributed by atoms with E-state index in [1.54, 1.807) is 4.90 Å². The highest BCUT2D eigenvalue weighted by molar-refractivity contribution is 5.89. The lowest BCUT2D eigenvalue weighted by Gasteiger charge is -2.04. The quantitative estimate of drug-likeness (QED) is 0.476. The zero-order valence-corrected chi connectivity index (χ0v) is 5.13. The van der Waals surface area contributed by atoms with Gasteiger partial charge in [-0.3, -0.25) is 4.79 Å². The third kappa shape index (κ3) is 0.721. The zero-order chi connectivity index (χ0) is 6.48. The molecule has 1 aliphatic carbocycles. The minimum atomic E-state index is -0.920. The molecule has 1 saturated carbocycles. The minimum absolute atomic E-state index is 0.0532. The fraction of sp³-hybridized carbons (Fsp3) is 0.833. The summed E-state index contributed by atoms with van der Waals surface area (Å²) in [6.45, 7) is 1.70. The van der Waals surface area contributed by atoms with Crippen molar-refractivity contribution in [2.75, 3.05) is 13.1 Å². The Morgan fingerprint density at radius 1 is 1.44 bits per heavy atom. The molecule has 1 aliphatic heterocycles. The van der Waals surface area contributed by atoms with Crippen molar-refractivity contribution >= 4 is 5.91 Å². The summed E-state index contributed by atoms with van der Waals surface area (Å²) in [5.74, 6) is -0.0532. The van der Waals surface area contributed by atoms with Gasteiger partial charge in [-0.15, -0.1) is 0 Å². The minimum Gasteiger partial charge on any atom is -0.380 e. The summed E-state index contributed by atoms with van der Waals surface area (Å²) in [5, 5.41) is 9.22. The summed E-state index contributed by atoms with van der Waals surface area (Å²) in [4.78, 5) is 12.6. The van der Waals surface area contributed by atoms with Crippen molar-refractivity contribution in [1.29, 1.82) is 0 Å². The number of nitrogens with zero attached hydrogens (tertiary/aromatic N) is 1. The number of amides is 1. The van der Waals surface area contributed by atoms with E-state index in [0.29, 0.717) is 12.8 Å². The number of carbonyl (C=O) groups excluding carboxylic acids is 1. The van der Waals surface area contributed by atoms with Crippen LogP contribution >= 0.6 is 0 Å². The second kappa shape index (κ2) is 1.29. The summed E-state index contributed by atoms with van der Waals surface area (Å²) in [6, 6.07) is 0. The highest BCUT2D eigenvalue weighted by Gasteiger charge is 2.52. The van der Waals surface area contributed by atoms with E-state index in [9.17, 15) is 9.90 Å². The molecular weight excluding hydrogens is 118 g/mol. The lowest BCUT2D eigenvalue weighted by molar-refractivity contribution is -0.136. The van der Waals surface area contributed by atoms with Gasteiger partial charge in [-0.05, 0) is 12.8 Å². The van der Waals surface area contributed by atoms with Crippen LogP contribution in [-0.4, -0.2) is 34.6 Å². The summed E-state index contributed by atoms with van der Waals surface area (Å²) in [5.41, 5.74) is -0.920. The summed E-state index contributed by atoms with van der Waals surface area (Å²) in [6.07, 6.45) is 1.34. The van der Waals surface area contributed by atoms with Crippen molar-refractivity contribution in [2.24, 2.45) is 0 Å². The molecular formula is C6H9NO2. The molecule has 0 spiro atoms. The molecule has 0 aromatic rings. The first kappa shape index (κ1) is 5.23. The predicted octanol–water partition coefficient (Wildman–Crippen LogP) is -0.647. The average Bonchev–Trinajstić information content (AvgIpc) is 2.54. The van der Waals surface area contributed by atoms with E-state index in [-0.39, 0.29) is 5.91 Å². The zero-order valence-electron chi connectivity index (χ0n) is 5.13. The molecule has 2 aliphatic rings. The molecule has 9 heavy (non-hydrogen) atoms. The van der Waals surface area contributed by atoms with Crippen LogP contribution in [0, 0.1) is 0 Å². The van der Waals surface area contributed by atoms with Gasteiger partial charge in [0.1, 0.15) is 5.60 Å². The van der Waals surface area contributed by atoms with Crippen LogP contribution in [0.2, 0.25) is 0 Å². The van der Waals surface area contributed by atoms with Gasteiger partial charge >= 0.3 is 0 Å². The Hall–Kier alpha value is -0.570. The lowest BCUT2D eigenvalue weighted by atomic mass is 10.3. The van der Waals surface area contributed by atoms with Crippen molar-refractivity contribution in [3.8, 4) is 0 Å². The van der Waals surface area contributed by atoms with Crippen LogP contribution in [0.15, 0.2) is 0 Å². The van der Waals surface area contributed by atoms with Gasteiger partial charge in [-0.25, -0.2) is 0 Å². The van der Waals surface area contributed by atoms with Gasteiger partial charge in [-0.1, -0.05) is 0 Å². The molecule has 3 heteroatoms. The van der Waals surface area contributed by atoms with Crippen molar-refractivity contribution in [3.05, 3.63) is 0 Å². The van der Waals surface area contributed by atoms with Crippen molar-refractivity contribution < 1.29 is 9.90 Å². The molecule has 1 heterocycles. The number of rotatable bonds is 1. The monoisotopic (exact) mass is 127 g/mol. The number of hydrogen-bond acceptors (Lipinski definition) is 2. The van der Waals surface area contributed by atoms with E-state index >= 15 is 0 Å². The molecule has 0 radical (unpaired) electrons.